The summed E-state index contributed by atoms with van der Waals surface area (Å²) >= 11 is 5.96. The number of benzene rings is 2. The van der Waals surface area contributed by atoms with E-state index in [9.17, 15) is 26.4 Å². The second kappa shape index (κ2) is 8.00. The second-order valence-corrected chi connectivity index (χ2v) is 8.53. The van der Waals surface area contributed by atoms with E-state index < -0.39 is 33.7 Å². The van der Waals surface area contributed by atoms with Crippen molar-refractivity contribution in [3.05, 3.63) is 58.6 Å². The van der Waals surface area contributed by atoms with Crippen molar-refractivity contribution in [1.29, 1.82) is 0 Å². The molecule has 10 heteroatoms. The monoisotopic (exact) mass is 434 g/mol. The first kappa shape index (κ1) is 22.0. The molecule has 0 fully saturated rings. The zero-order chi connectivity index (χ0) is 21.3. The van der Waals surface area contributed by atoms with Crippen molar-refractivity contribution in [3.63, 3.8) is 0 Å². The molecule has 1 atom stereocenters. The Morgan fingerprint density at radius 1 is 1.18 bits per heavy atom. The highest BCUT2D eigenvalue weighted by Crippen LogP contribution is 2.31. The van der Waals surface area contributed by atoms with Gasteiger partial charge in [0.05, 0.1) is 17.5 Å². The third kappa shape index (κ3) is 5.17. The van der Waals surface area contributed by atoms with Crippen LogP contribution in [-0.2, 0) is 21.0 Å². The number of aryl methyl sites for hydroxylation is 1. The molecular weight excluding hydrogens is 417 g/mol. The number of nitrogens with zero attached hydrogens (tertiary/aromatic N) is 1. The van der Waals surface area contributed by atoms with Gasteiger partial charge in [-0.05, 0) is 49.7 Å². The fraction of sp³-hybridized carbons (Fsp3) is 0.278. The number of sulfonamides is 1. The minimum Gasteiger partial charge on any atom is -0.324 e. The summed E-state index contributed by atoms with van der Waals surface area (Å²) in [5, 5.41) is 2.61. The molecule has 0 saturated carbocycles. The van der Waals surface area contributed by atoms with Gasteiger partial charge in [0.2, 0.25) is 15.9 Å². The van der Waals surface area contributed by atoms with Gasteiger partial charge >= 0.3 is 6.18 Å². The maximum absolute atomic E-state index is 12.8. The maximum atomic E-state index is 12.8. The Morgan fingerprint density at radius 3 is 2.39 bits per heavy atom. The highest BCUT2D eigenvalue weighted by atomic mass is 35.5. The van der Waals surface area contributed by atoms with Crippen molar-refractivity contribution in [2.75, 3.05) is 15.9 Å². The number of halogens is 4. The lowest BCUT2D eigenvalue weighted by Gasteiger charge is -2.29. The van der Waals surface area contributed by atoms with Crippen LogP contribution in [0, 0.1) is 6.92 Å². The summed E-state index contributed by atoms with van der Waals surface area (Å²) in [6, 6.07) is 7.44. The van der Waals surface area contributed by atoms with E-state index in [0.29, 0.717) is 5.56 Å². The number of nitrogens with one attached hydrogen (secondary N) is 1. The summed E-state index contributed by atoms with van der Waals surface area (Å²) in [4.78, 5) is 12.6. The van der Waals surface area contributed by atoms with E-state index in [1.54, 1.807) is 19.1 Å². The van der Waals surface area contributed by atoms with Crippen LogP contribution in [0.2, 0.25) is 5.02 Å². The predicted molar refractivity (Wildman–Crippen MR) is 103 cm³/mol. The Morgan fingerprint density at radius 2 is 1.82 bits per heavy atom. The van der Waals surface area contributed by atoms with Gasteiger partial charge in [0.15, 0.2) is 0 Å². The molecule has 0 unspecified atom stereocenters. The van der Waals surface area contributed by atoms with Crippen LogP contribution in [0.4, 0.5) is 24.5 Å². The summed E-state index contributed by atoms with van der Waals surface area (Å²) in [7, 11) is -3.89. The molecule has 1 amide bonds. The molecule has 5 nitrogen and oxygen atoms in total. The number of carbonyl (C=O) groups is 1. The third-order valence-corrected chi connectivity index (χ3v) is 5.42. The van der Waals surface area contributed by atoms with Crippen LogP contribution >= 0.6 is 11.6 Å². The van der Waals surface area contributed by atoms with Gasteiger partial charge in [-0.25, -0.2) is 8.42 Å². The molecule has 2 rings (SSSR count). The SMILES string of the molecule is Cc1ccc(Cl)cc1N([C@H](C)C(=O)Nc1cccc(C(F)(F)F)c1)S(C)(=O)=O. The zero-order valence-corrected chi connectivity index (χ0v) is 16.8. The minimum absolute atomic E-state index is 0.0945. The molecule has 2 aromatic rings. The maximum Gasteiger partial charge on any atom is 0.416 e. The number of anilines is 2. The number of amides is 1. The molecule has 0 saturated heterocycles. The molecule has 28 heavy (non-hydrogen) atoms. The van der Waals surface area contributed by atoms with E-state index in [2.05, 4.69) is 5.32 Å². The van der Waals surface area contributed by atoms with Crippen LogP contribution in [-0.4, -0.2) is 26.6 Å². The highest BCUT2D eigenvalue weighted by Gasteiger charge is 2.32. The lowest BCUT2D eigenvalue weighted by atomic mass is 10.1. The van der Waals surface area contributed by atoms with Crippen molar-refractivity contribution in [2.45, 2.75) is 26.1 Å². The lowest BCUT2D eigenvalue weighted by molar-refractivity contribution is -0.137. The largest absolute Gasteiger partial charge is 0.416 e. The van der Waals surface area contributed by atoms with E-state index in [1.165, 1.54) is 19.1 Å². The molecule has 0 radical (unpaired) electrons. The van der Waals surface area contributed by atoms with Crippen LogP contribution < -0.4 is 9.62 Å². The van der Waals surface area contributed by atoms with Crippen molar-refractivity contribution >= 4 is 38.9 Å². The van der Waals surface area contributed by atoms with E-state index in [4.69, 9.17) is 11.6 Å². The molecule has 152 valence electrons. The first-order valence-corrected chi connectivity index (χ1v) is 10.3. The molecule has 2 aromatic carbocycles. The van der Waals surface area contributed by atoms with Gasteiger partial charge < -0.3 is 5.32 Å². The second-order valence-electron chi connectivity index (χ2n) is 6.23. The Kier molecular flexibility index (Phi) is 6.30. The summed E-state index contributed by atoms with van der Waals surface area (Å²) in [6.07, 6.45) is -3.63. The summed E-state index contributed by atoms with van der Waals surface area (Å²) in [5.74, 6) is -0.788. The molecule has 0 aliphatic heterocycles. The molecule has 0 heterocycles. The summed E-state index contributed by atoms with van der Waals surface area (Å²) in [6.45, 7) is 2.99. The highest BCUT2D eigenvalue weighted by molar-refractivity contribution is 7.92. The van der Waals surface area contributed by atoms with Crippen molar-refractivity contribution in [2.24, 2.45) is 0 Å². The van der Waals surface area contributed by atoms with Crippen molar-refractivity contribution < 1.29 is 26.4 Å². The number of carbonyl (C=O) groups excluding carboxylic acids is 1. The third-order valence-electron chi connectivity index (χ3n) is 3.95. The van der Waals surface area contributed by atoms with Crippen LogP contribution in [0.1, 0.15) is 18.1 Å². The van der Waals surface area contributed by atoms with Crippen molar-refractivity contribution in [1.82, 2.24) is 0 Å². The van der Waals surface area contributed by atoms with Crippen LogP contribution in [0.5, 0.6) is 0 Å². The lowest BCUT2D eigenvalue weighted by Crippen LogP contribution is -2.45. The van der Waals surface area contributed by atoms with Gasteiger partial charge in [-0.2, -0.15) is 13.2 Å². The smallest absolute Gasteiger partial charge is 0.324 e. The van der Waals surface area contributed by atoms with Crippen LogP contribution in [0.3, 0.4) is 0 Å². The van der Waals surface area contributed by atoms with Crippen LogP contribution in [0.25, 0.3) is 0 Å². The van der Waals surface area contributed by atoms with E-state index in [0.717, 1.165) is 28.8 Å². The van der Waals surface area contributed by atoms with E-state index >= 15 is 0 Å². The summed E-state index contributed by atoms with van der Waals surface area (Å²) < 4.78 is 64.1. The van der Waals surface area contributed by atoms with Crippen LogP contribution in [0.15, 0.2) is 42.5 Å². The average Bonchev–Trinajstić information content (AvgIpc) is 2.56. The topological polar surface area (TPSA) is 66.5 Å². The predicted octanol–water partition coefficient (Wildman–Crippen LogP) is 4.46. The summed E-state index contributed by atoms with van der Waals surface area (Å²) in [5.41, 5.74) is -0.248. The first-order chi connectivity index (χ1) is 12.8. The molecule has 0 spiro atoms. The normalized spacial score (nSPS) is 13.1. The number of hydrogen-bond donors (Lipinski definition) is 1. The van der Waals surface area contributed by atoms with Gasteiger partial charge in [0.1, 0.15) is 6.04 Å². The Bertz CT molecular complexity index is 994. The van der Waals surface area contributed by atoms with Gasteiger partial charge in [-0.1, -0.05) is 23.7 Å². The van der Waals surface area contributed by atoms with Crippen molar-refractivity contribution in [3.8, 4) is 0 Å². The first-order valence-electron chi connectivity index (χ1n) is 8.04. The molecule has 0 aromatic heterocycles. The van der Waals surface area contributed by atoms with Gasteiger partial charge in [-0.15, -0.1) is 0 Å². The minimum atomic E-state index is -4.57. The fourth-order valence-electron chi connectivity index (χ4n) is 2.62. The molecule has 0 aliphatic rings. The molecule has 0 bridgehead atoms. The van der Waals surface area contributed by atoms with E-state index in [1.807, 2.05) is 0 Å². The Balaban J connectivity index is 2.37. The molecule has 0 aliphatic carbocycles. The number of alkyl halides is 3. The standard InChI is InChI=1S/C18H18ClF3N2O3S/c1-11-7-8-14(19)10-16(11)24(28(3,26)27)12(2)17(25)23-15-6-4-5-13(9-15)18(20,21)22/h4-10,12H,1-3H3,(H,23,25)/t12-/m1/s1. The van der Waals surface area contributed by atoms with Gasteiger partial charge in [-0.3, -0.25) is 9.10 Å². The fourth-order valence-corrected chi connectivity index (χ4v) is 4.01. The Hall–Kier alpha value is -2.26. The molecule has 1 N–H and O–H groups in total. The number of rotatable bonds is 5. The van der Waals surface area contributed by atoms with Gasteiger partial charge in [0.25, 0.3) is 0 Å². The zero-order valence-electron chi connectivity index (χ0n) is 15.2. The van der Waals surface area contributed by atoms with E-state index in [-0.39, 0.29) is 16.4 Å². The average molecular weight is 435 g/mol. The quantitative estimate of drug-likeness (QED) is 0.755. The Labute approximate surface area is 166 Å². The number of hydrogen-bond acceptors (Lipinski definition) is 3. The molecular formula is C18H18ClF3N2O3S. The van der Waals surface area contributed by atoms with Gasteiger partial charge in [0, 0.05) is 10.7 Å².